The number of carbonyl (C=O) groups is 1. The highest BCUT2D eigenvalue weighted by atomic mass is 19.1. The second-order valence-corrected chi connectivity index (χ2v) is 4.81. The molecule has 1 aromatic heterocycles. The molecule has 1 amide bonds. The Kier molecular flexibility index (Phi) is 4.19. The van der Waals surface area contributed by atoms with Gasteiger partial charge >= 0.3 is 0 Å². The van der Waals surface area contributed by atoms with E-state index in [1.165, 1.54) is 10.9 Å². The second kappa shape index (κ2) is 6.45. The fourth-order valence-electron chi connectivity index (χ4n) is 2.10. The van der Waals surface area contributed by atoms with Crippen LogP contribution in [0.3, 0.4) is 0 Å². The molecule has 3 rings (SSSR count). The molecule has 0 saturated heterocycles. The summed E-state index contributed by atoms with van der Waals surface area (Å²) in [6, 6.07) is 11.0. The van der Waals surface area contributed by atoms with Crippen molar-refractivity contribution < 1.29 is 18.3 Å². The molecule has 0 aliphatic rings. The fraction of sp³-hybridized carbons (Fsp3) is 0.0625. The maximum atomic E-state index is 13.6. The molecule has 0 aliphatic carbocycles. The monoisotopic (exact) mass is 330 g/mol. The van der Waals surface area contributed by atoms with Crippen molar-refractivity contribution in [2.45, 2.75) is 0 Å². The van der Waals surface area contributed by atoms with E-state index in [0.29, 0.717) is 0 Å². The Morgan fingerprint density at radius 2 is 1.83 bits per heavy atom. The minimum atomic E-state index is -0.916. The lowest BCUT2D eigenvalue weighted by atomic mass is 10.2. The van der Waals surface area contributed by atoms with Crippen LogP contribution in [0.5, 0.6) is 5.75 Å². The number of nitrogens with zero attached hydrogens (tertiary/aromatic N) is 3. The van der Waals surface area contributed by atoms with Gasteiger partial charge in [-0.25, -0.2) is 13.5 Å². The van der Waals surface area contributed by atoms with Crippen molar-refractivity contribution in [3.8, 4) is 11.4 Å². The molecule has 6 nitrogen and oxygen atoms in total. The van der Waals surface area contributed by atoms with Crippen molar-refractivity contribution >= 4 is 11.6 Å². The van der Waals surface area contributed by atoms with Gasteiger partial charge in [0, 0.05) is 17.8 Å². The largest absolute Gasteiger partial charge is 0.491 e. The molecule has 0 atom stereocenters. The highest BCUT2D eigenvalue weighted by molar-refractivity contribution is 6.02. The van der Waals surface area contributed by atoms with Crippen LogP contribution < -0.4 is 10.1 Å². The highest BCUT2D eigenvalue weighted by Crippen LogP contribution is 2.25. The zero-order chi connectivity index (χ0) is 17.1. The second-order valence-electron chi connectivity index (χ2n) is 4.81. The van der Waals surface area contributed by atoms with Crippen LogP contribution >= 0.6 is 0 Å². The molecular weight excluding hydrogens is 318 g/mol. The van der Waals surface area contributed by atoms with E-state index in [1.807, 2.05) is 18.2 Å². The lowest BCUT2D eigenvalue weighted by Crippen LogP contribution is -2.13. The predicted molar refractivity (Wildman–Crippen MR) is 82.2 cm³/mol. The molecule has 0 aliphatic heterocycles. The molecule has 122 valence electrons. The van der Waals surface area contributed by atoms with Crippen LogP contribution in [0.25, 0.3) is 5.69 Å². The van der Waals surface area contributed by atoms with E-state index in [1.54, 1.807) is 12.1 Å². The summed E-state index contributed by atoms with van der Waals surface area (Å²) in [6.45, 7) is 0. The van der Waals surface area contributed by atoms with E-state index < -0.39 is 23.3 Å². The van der Waals surface area contributed by atoms with Crippen LogP contribution in [0.2, 0.25) is 0 Å². The van der Waals surface area contributed by atoms with E-state index >= 15 is 0 Å². The van der Waals surface area contributed by atoms with Crippen molar-refractivity contribution in [1.82, 2.24) is 15.0 Å². The summed E-state index contributed by atoms with van der Waals surface area (Å²) < 4.78 is 33.3. The normalized spacial score (nSPS) is 10.5. The van der Waals surface area contributed by atoms with Gasteiger partial charge in [0.2, 0.25) is 0 Å². The first kappa shape index (κ1) is 15.6. The van der Waals surface area contributed by atoms with Crippen LogP contribution in [0.1, 0.15) is 10.5 Å². The number of benzene rings is 2. The minimum absolute atomic E-state index is 0.00971. The summed E-state index contributed by atoms with van der Waals surface area (Å²) in [5, 5.41) is 9.97. The van der Waals surface area contributed by atoms with Crippen molar-refractivity contribution in [2.24, 2.45) is 0 Å². The van der Waals surface area contributed by atoms with Crippen molar-refractivity contribution in [1.29, 1.82) is 0 Å². The third kappa shape index (κ3) is 3.07. The Balaban J connectivity index is 1.80. The average molecular weight is 330 g/mol. The van der Waals surface area contributed by atoms with Gasteiger partial charge in [0.25, 0.3) is 5.91 Å². The number of halogens is 2. The van der Waals surface area contributed by atoms with Gasteiger partial charge in [-0.15, -0.1) is 5.10 Å². The molecule has 1 N–H and O–H groups in total. The topological polar surface area (TPSA) is 69.0 Å². The summed E-state index contributed by atoms with van der Waals surface area (Å²) in [4.78, 5) is 12.1. The average Bonchev–Trinajstić information content (AvgIpc) is 3.05. The standard InChI is InChI=1S/C16H12F2N4O2/c1-24-15-12(17)7-10(8-13(15)18)19-16(23)14-9-22(21-20-14)11-5-3-2-4-6-11/h2-9H,1H3,(H,19,23). The number of hydrogen-bond donors (Lipinski definition) is 1. The lowest BCUT2D eigenvalue weighted by molar-refractivity contribution is 0.102. The molecule has 0 bridgehead atoms. The number of amides is 1. The smallest absolute Gasteiger partial charge is 0.277 e. The van der Waals surface area contributed by atoms with Gasteiger partial charge in [0.1, 0.15) is 0 Å². The van der Waals surface area contributed by atoms with Crippen LogP contribution in [0.15, 0.2) is 48.7 Å². The Morgan fingerprint density at radius 3 is 2.46 bits per heavy atom. The number of anilines is 1. The lowest BCUT2D eigenvalue weighted by Gasteiger charge is -2.07. The number of rotatable bonds is 4. The summed E-state index contributed by atoms with van der Waals surface area (Å²) in [5.41, 5.74) is 0.686. The fourth-order valence-corrected chi connectivity index (χ4v) is 2.10. The van der Waals surface area contributed by atoms with Crippen LogP contribution in [0, 0.1) is 11.6 Å². The molecule has 0 radical (unpaired) electrons. The summed E-state index contributed by atoms with van der Waals surface area (Å²) in [6.07, 6.45) is 1.42. The predicted octanol–water partition coefficient (Wildman–Crippen LogP) is 2.81. The van der Waals surface area contributed by atoms with Gasteiger partial charge < -0.3 is 10.1 Å². The van der Waals surface area contributed by atoms with Gasteiger partial charge in [-0.1, -0.05) is 23.4 Å². The molecule has 0 spiro atoms. The van der Waals surface area contributed by atoms with E-state index in [2.05, 4.69) is 20.4 Å². The Labute approximate surface area is 135 Å². The zero-order valence-electron chi connectivity index (χ0n) is 12.5. The van der Waals surface area contributed by atoms with E-state index in [-0.39, 0.29) is 11.4 Å². The maximum Gasteiger partial charge on any atom is 0.277 e. The van der Waals surface area contributed by atoms with Gasteiger partial charge in [-0.05, 0) is 12.1 Å². The summed E-state index contributed by atoms with van der Waals surface area (Å²) in [7, 11) is 1.15. The van der Waals surface area contributed by atoms with Crippen molar-refractivity contribution in [3.05, 3.63) is 66.0 Å². The number of para-hydroxylation sites is 1. The van der Waals surface area contributed by atoms with E-state index in [9.17, 15) is 13.6 Å². The molecule has 0 fully saturated rings. The third-order valence-electron chi connectivity index (χ3n) is 3.21. The molecule has 0 unspecified atom stereocenters. The minimum Gasteiger partial charge on any atom is -0.491 e. The maximum absolute atomic E-state index is 13.6. The molecular formula is C16H12F2N4O2. The van der Waals surface area contributed by atoms with Crippen LogP contribution in [0.4, 0.5) is 14.5 Å². The molecule has 2 aromatic carbocycles. The third-order valence-corrected chi connectivity index (χ3v) is 3.21. The van der Waals surface area contributed by atoms with E-state index in [0.717, 1.165) is 24.9 Å². The first-order valence-electron chi connectivity index (χ1n) is 6.90. The summed E-state index contributed by atoms with van der Waals surface area (Å²) in [5.74, 6) is -2.98. The Bertz CT molecular complexity index is 858. The van der Waals surface area contributed by atoms with Crippen LogP contribution in [-0.2, 0) is 0 Å². The zero-order valence-corrected chi connectivity index (χ0v) is 12.5. The summed E-state index contributed by atoms with van der Waals surface area (Å²) >= 11 is 0. The number of ether oxygens (including phenoxy) is 1. The van der Waals surface area contributed by atoms with Gasteiger partial charge in [-0.2, -0.15) is 0 Å². The van der Waals surface area contributed by atoms with Crippen LogP contribution in [-0.4, -0.2) is 28.0 Å². The Morgan fingerprint density at radius 1 is 1.17 bits per heavy atom. The van der Waals surface area contributed by atoms with Crippen molar-refractivity contribution in [3.63, 3.8) is 0 Å². The number of hydrogen-bond acceptors (Lipinski definition) is 4. The Hall–Kier alpha value is -3.29. The number of carbonyl (C=O) groups excluding carboxylic acids is 1. The van der Waals surface area contributed by atoms with Gasteiger partial charge in [0.15, 0.2) is 23.1 Å². The molecule has 3 aromatic rings. The van der Waals surface area contributed by atoms with Gasteiger partial charge in [0.05, 0.1) is 19.0 Å². The molecule has 24 heavy (non-hydrogen) atoms. The number of nitrogens with one attached hydrogen (secondary N) is 1. The first-order valence-corrected chi connectivity index (χ1v) is 6.90. The quantitative estimate of drug-likeness (QED) is 0.799. The van der Waals surface area contributed by atoms with E-state index in [4.69, 9.17) is 0 Å². The number of methoxy groups -OCH3 is 1. The first-order chi connectivity index (χ1) is 11.6. The highest BCUT2D eigenvalue weighted by Gasteiger charge is 2.16. The van der Waals surface area contributed by atoms with Crippen molar-refractivity contribution in [2.75, 3.05) is 12.4 Å². The molecule has 1 heterocycles. The molecule has 8 heteroatoms. The molecule has 0 saturated carbocycles. The van der Waals surface area contributed by atoms with Gasteiger partial charge in [-0.3, -0.25) is 4.79 Å². The SMILES string of the molecule is COc1c(F)cc(NC(=O)c2cn(-c3ccccc3)nn2)cc1F. The number of aromatic nitrogens is 3.